The van der Waals surface area contributed by atoms with Crippen LogP contribution in [0.3, 0.4) is 0 Å². The van der Waals surface area contributed by atoms with Gasteiger partial charge >= 0.3 is 0 Å². The Balaban J connectivity index is 2.09. The van der Waals surface area contributed by atoms with Crippen LogP contribution in [0.5, 0.6) is 0 Å². The van der Waals surface area contributed by atoms with Gasteiger partial charge in [-0.1, -0.05) is 45.0 Å². The molecular formula is C16H23ClO. The summed E-state index contributed by atoms with van der Waals surface area (Å²) in [5.41, 5.74) is 2.82. The van der Waals surface area contributed by atoms with Crippen molar-refractivity contribution in [3.63, 3.8) is 0 Å². The third-order valence-corrected chi connectivity index (χ3v) is 4.38. The standard InChI is InChI=1S/C16H23ClO/c1-16(2,3)14-6-4-12(5-7-14)15(17)13-8-10-18-11-9-13/h4-7,13,15H,8-11H2,1-3H3. The van der Waals surface area contributed by atoms with Crippen LogP contribution in [-0.2, 0) is 10.2 Å². The molecule has 100 valence electrons. The second kappa shape index (κ2) is 5.63. The zero-order valence-electron chi connectivity index (χ0n) is 11.6. The minimum atomic E-state index is 0.128. The molecule has 0 saturated carbocycles. The van der Waals surface area contributed by atoms with Gasteiger partial charge in [-0.2, -0.15) is 0 Å². The number of rotatable bonds is 2. The predicted octanol–water partition coefficient (Wildman–Crippen LogP) is 4.69. The molecular weight excluding hydrogens is 244 g/mol. The van der Waals surface area contributed by atoms with Crippen molar-refractivity contribution >= 4 is 11.6 Å². The van der Waals surface area contributed by atoms with Crippen LogP contribution < -0.4 is 0 Å². The van der Waals surface area contributed by atoms with Crippen molar-refractivity contribution in [1.29, 1.82) is 0 Å². The highest BCUT2D eigenvalue weighted by Gasteiger charge is 2.24. The summed E-state index contributed by atoms with van der Waals surface area (Å²) < 4.78 is 5.39. The summed E-state index contributed by atoms with van der Waals surface area (Å²) in [5, 5.41) is 0.128. The van der Waals surface area contributed by atoms with Gasteiger partial charge in [-0.05, 0) is 35.3 Å². The smallest absolute Gasteiger partial charge is 0.0615 e. The lowest BCUT2D eigenvalue weighted by Crippen LogP contribution is -2.19. The van der Waals surface area contributed by atoms with Crippen molar-refractivity contribution in [1.82, 2.24) is 0 Å². The third-order valence-electron chi connectivity index (χ3n) is 3.77. The maximum atomic E-state index is 6.60. The van der Waals surface area contributed by atoms with Gasteiger partial charge in [0.15, 0.2) is 0 Å². The minimum Gasteiger partial charge on any atom is -0.381 e. The molecule has 2 rings (SSSR count). The van der Waals surface area contributed by atoms with Gasteiger partial charge in [0, 0.05) is 13.2 Å². The zero-order chi connectivity index (χ0) is 13.2. The molecule has 18 heavy (non-hydrogen) atoms. The van der Waals surface area contributed by atoms with Crippen LogP contribution in [0, 0.1) is 5.92 Å². The van der Waals surface area contributed by atoms with Crippen LogP contribution in [0.2, 0.25) is 0 Å². The molecule has 0 amide bonds. The van der Waals surface area contributed by atoms with E-state index < -0.39 is 0 Å². The van der Waals surface area contributed by atoms with Crippen molar-refractivity contribution in [2.75, 3.05) is 13.2 Å². The van der Waals surface area contributed by atoms with Gasteiger partial charge in [0.05, 0.1) is 5.38 Å². The summed E-state index contributed by atoms with van der Waals surface area (Å²) in [6, 6.07) is 8.80. The van der Waals surface area contributed by atoms with Gasteiger partial charge in [-0.3, -0.25) is 0 Å². The first-order valence-corrected chi connectivity index (χ1v) is 7.24. The molecule has 0 aliphatic carbocycles. The van der Waals surface area contributed by atoms with Gasteiger partial charge < -0.3 is 4.74 Å². The van der Waals surface area contributed by atoms with E-state index in [0.29, 0.717) is 5.92 Å². The van der Waals surface area contributed by atoms with E-state index >= 15 is 0 Å². The first-order chi connectivity index (χ1) is 8.48. The molecule has 1 saturated heterocycles. The number of hydrogen-bond acceptors (Lipinski definition) is 1. The highest BCUT2D eigenvalue weighted by Crippen LogP contribution is 2.36. The number of alkyl halides is 1. The van der Waals surface area contributed by atoms with Crippen LogP contribution in [-0.4, -0.2) is 13.2 Å². The fraction of sp³-hybridized carbons (Fsp3) is 0.625. The van der Waals surface area contributed by atoms with E-state index in [1.807, 2.05) is 0 Å². The van der Waals surface area contributed by atoms with Crippen molar-refractivity contribution in [3.05, 3.63) is 35.4 Å². The first-order valence-electron chi connectivity index (χ1n) is 6.81. The average molecular weight is 267 g/mol. The molecule has 2 heteroatoms. The molecule has 1 unspecified atom stereocenters. The number of halogens is 1. The Labute approximate surface area is 115 Å². The van der Waals surface area contributed by atoms with Crippen molar-refractivity contribution in [2.45, 2.75) is 44.4 Å². The van der Waals surface area contributed by atoms with E-state index in [-0.39, 0.29) is 10.8 Å². The summed E-state index contributed by atoms with van der Waals surface area (Å²) in [7, 11) is 0. The Morgan fingerprint density at radius 3 is 2.17 bits per heavy atom. The summed E-state index contributed by atoms with van der Waals surface area (Å²) >= 11 is 6.60. The summed E-state index contributed by atoms with van der Waals surface area (Å²) in [6.45, 7) is 8.41. The molecule has 0 N–H and O–H groups in total. The summed E-state index contributed by atoms with van der Waals surface area (Å²) in [5.74, 6) is 0.556. The molecule has 1 aliphatic rings. The summed E-state index contributed by atoms with van der Waals surface area (Å²) in [6.07, 6.45) is 2.16. The van der Waals surface area contributed by atoms with Crippen LogP contribution >= 0.6 is 11.6 Å². The molecule has 1 nitrogen and oxygen atoms in total. The second-order valence-corrected chi connectivity index (χ2v) is 6.69. The van der Waals surface area contributed by atoms with E-state index in [4.69, 9.17) is 16.3 Å². The van der Waals surface area contributed by atoms with E-state index in [1.54, 1.807) is 0 Å². The molecule has 1 aromatic carbocycles. The molecule has 0 aromatic heterocycles. The van der Waals surface area contributed by atoms with Crippen LogP contribution in [0.15, 0.2) is 24.3 Å². The normalized spacial score (nSPS) is 19.8. The SMILES string of the molecule is CC(C)(C)c1ccc(C(Cl)C2CCOCC2)cc1. The van der Waals surface area contributed by atoms with Crippen molar-refractivity contribution < 1.29 is 4.74 Å². The number of benzene rings is 1. The van der Waals surface area contributed by atoms with E-state index in [0.717, 1.165) is 26.1 Å². The predicted molar refractivity (Wildman–Crippen MR) is 77.3 cm³/mol. The molecule has 1 atom stereocenters. The quantitative estimate of drug-likeness (QED) is 0.706. The van der Waals surface area contributed by atoms with E-state index in [9.17, 15) is 0 Å². The molecule has 1 aromatic rings. The average Bonchev–Trinajstić information content (AvgIpc) is 2.38. The monoisotopic (exact) mass is 266 g/mol. The van der Waals surface area contributed by atoms with Crippen molar-refractivity contribution in [2.24, 2.45) is 5.92 Å². The fourth-order valence-corrected chi connectivity index (χ4v) is 2.85. The molecule has 1 aliphatic heterocycles. The van der Waals surface area contributed by atoms with Gasteiger partial charge in [-0.25, -0.2) is 0 Å². The van der Waals surface area contributed by atoms with Gasteiger partial charge in [-0.15, -0.1) is 11.6 Å². The van der Waals surface area contributed by atoms with Crippen LogP contribution in [0.4, 0.5) is 0 Å². The van der Waals surface area contributed by atoms with Gasteiger partial charge in [0.2, 0.25) is 0 Å². The zero-order valence-corrected chi connectivity index (χ0v) is 12.3. The Bertz CT molecular complexity index is 371. The van der Waals surface area contributed by atoms with Gasteiger partial charge in [0.1, 0.15) is 0 Å². The maximum absolute atomic E-state index is 6.60. The van der Waals surface area contributed by atoms with Crippen molar-refractivity contribution in [3.8, 4) is 0 Å². The largest absolute Gasteiger partial charge is 0.381 e. The number of hydrogen-bond donors (Lipinski definition) is 0. The highest BCUT2D eigenvalue weighted by molar-refractivity contribution is 6.21. The molecule has 0 radical (unpaired) electrons. The second-order valence-electron chi connectivity index (χ2n) is 6.22. The Morgan fingerprint density at radius 1 is 1.11 bits per heavy atom. The van der Waals surface area contributed by atoms with E-state index in [2.05, 4.69) is 45.0 Å². The number of ether oxygens (including phenoxy) is 1. The lowest BCUT2D eigenvalue weighted by Gasteiger charge is -2.27. The molecule has 1 fully saturated rings. The summed E-state index contributed by atoms with van der Waals surface area (Å²) in [4.78, 5) is 0. The maximum Gasteiger partial charge on any atom is 0.0615 e. The Hall–Kier alpha value is -0.530. The first kappa shape index (κ1) is 13.9. The fourth-order valence-electron chi connectivity index (χ4n) is 2.45. The highest BCUT2D eigenvalue weighted by atomic mass is 35.5. The Morgan fingerprint density at radius 2 is 1.67 bits per heavy atom. The lowest BCUT2D eigenvalue weighted by atomic mass is 9.85. The minimum absolute atomic E-state index is 0.128. The van der Waals surface area contributed by atoms with Crippen LogP contribution in [0.25, 0.3) is 0 Å². The Kier molecular flexibility index (Phi) is 4.34. The molecule has 1 heterocycles. The van der Waals surface area contributed by atoms with Crippen LogP contribution in [0.1, 0.15) is 50.1 Å². The topological polar surface area (TPSA) is 9.23 Å². The van der Waals surface area contributed by atoms with E-state index in [1.165, 1.54) is 11.1 Å². The molecule has 0 spiro atoms. The lowest BCUT2D eigenvalue weighted by molar-refractivity contribution is 0.0651. The van der Waals surface area contributed by atoms with Gasteiger partial charge in [0.25, 0.3) is 0 Å². The molecule has 0 bridgehead atoms. The third kappa shape index (κ3) is 3.27.